The van der Waals surface area contributed by atoms with Gasteiger partial charge in [-0.1, -0.05) is 270 Å². The Bertz CT molecular complexity index is 1980. The average Bonchev–Trinajstić information content (AvgIpc) is 3.32. The van der Waals surface area contributed by atoms with Crippen LogP contribution in [0.1, 0.15) is 27.7 Å². The highest BCUT2D eigenvalue weighted by atomic mass is 31.1. The first kappa shape index (κ1) is 43.3. The Labute approximate surface area is 371 Å². The summed E-state index contributed by atoms with van der Waals surface area (Å²) in [6.07, 6.45) is 0. The van der Waals surface area contributed by atoms with Gasteiger partial charge in [0.15, 0.2) is 0 Å². The Kier molecular flexibility index (Phi) is 14.7. The Morgan fingerprint density at radius 3 is 0.443 bits per heavy atom. The third-order valence-corrected chi connectivity index (χ3v) is 36.9. The monoisotopic (exact) mass is 880 g/mol. The van der Waals surface area contributed by atoms with Crippen molar-refractivity contribution < 1.29 is 0 Å². The Morgan fingerprint density at radius 1 is 0.213 bits per heavy atom. The number of benzene rings is 8. The van der Waals surface area contributed by atoms with E-state index in [0.29, 0.717) is 21.1 Å². The topological polar surface area (TPSA) is 0 Å². The molecule has 4 unspecified atom stereocenters. The number of hydrogen-bond donors (Lipinski definition) is 0. The summed E-state index contributed by atoms with van der Waals surface area (Å²) in [6.45, 7) is 11.0. The number of rotatable bonds is 16. The zero-order valence-electron chi connectivity index (χ0n) is 35.7. The second kappa shape index (κ2) is 20.7. The molecule has 5 heteroatoms. The molecule has 61 heavy (non-hydrogen) atoms. The maximum atomic E-state index is 2.75. The molecule has 0 spiro atoms. The lowest BCUT2D eigenvalue weighted by atomic mass is 10.4. The molecule has 0 saturated carbocycles. The molecule has 0 aliphatic heterocycles. The van der Waals surface area contributed by atoms with Gasteiger partial charge in [0.05, 0.1) is 8.07 Å². The molecule has 0 aliphatic carbocycles. The van der Waals surface area contributed by atoms with Crippen LogP contribution in [0, 0.1) is 0 Å². The molecular formula is C56H56P4Si. The van der Waals surface area contributed by atoms with Crippen molar-refractivity contribution in [2.75, 3.05) is 0 Å². The Hall–Kier alpha value is -4.30. The third kappa shape index (κ3) is 9.26. The van der Waals surface area contributed by atoms with Gasteiger partial charge in [-0.3, -0.25) is 0 Å². The van der Waals surface area contributed by atoms with Gasteiger partial charge >= 0.3 is 0 Å². The van der Waals surface area contributed by atoms with Crippen LogP contribution in [0.25, 0.3) is 0 Å². The maximum absolute atomic E-state index is 2.81. The van der Waals surface area contributed by atoms with Gasteiger partial charge in [-0.2, -0.15) is 0 Å². The lowest BCUT2D eigenvalue weighted by Gasteiger charge is -2.58. The second-order valence-electron chi connectivity index (χ2n) is 15.9. The Balaban J connectivity index is 1.52. The van der Waals surface area contributed by atoms with Gasteiger partial charge in [0.2, 0.25) is 0 Å². The molecule has 4 atom stereocenters. The van der Waals surface area contributed by atoms with Crippen LogP contribution in [0.3, 0.4) is 0 Å². The summed E-state index contributed by atoms with van der Waals surface area (Å²) >= 11 is 0. The van der Waals surface area contributed by atoms with E-state index in [-0.39, 0.29) is 0 Å². The molecule has 0 saturated heterocycles. The molecule has 8 rings (SSSR count). The summed E-state index contributed by atoms with van der Waals surface area (Å²) in [6, 6.07) is 93.2. The van der Waals surface area contributed by atoms with Gasteiger partial charge in [0, 0.05) is 0 Å². The van der Waals surface area contributed by atoms with Crippen molar-refractivity contribution in [1.29, 1.82) is 0 Å². The first-order valence-electron chi connectivity index (χ1n) is 21.6. The van der Waals surface area contributed by atoms with Crippen molar-refractivity contribution in [2.45, 2.75) is 48.8 Å². The smallest absolute Gasteiger partial charge is 0.0622 e. The van der Waals surface area contributed by atoms with Crippen LogP contribution < -0.4 is 42.4 Å². The second-order valence-corrected chi connectivity index (χ2v) is 33.5. The minimum Gasteiger partial charge on any atom is -0.0622 e. The summed E-state index contributed by atoms with van der Waals surface area (Å²) in [5, 5.41) is 13.5. The normalized spacial score (nSPS) is 14.7. The van der Waals surface area contributed by atoms with E-state index in [1.54, 1.807) is 0 Å². The molecule has 0 bridgehead atoms. The zero-order valence-corrected chi connectivity index (χ0v) is 40.3. The van der Waals surface area contributed by atoms with E-state index in [2.05, 4.69) is 270 Å². The minimum absolute atomic E-state index is 0.402. The van der Waals surface area contributed by atoms with Crippen molar-refractivity contribution >= 4 is 82.2 Å². The van der Waals surface area contributed by atoms with Crippen LogP contribution in [-0.4, -0.2) is 29.2 Å². The average molecular weight is 881 g/mol. The standard InChI is InChI=1S/C56H56P4Si/c1-45(57(49-29-13-5-14-30-49)50-31-15-6-16-32-50)61(46(2)58(51-33-17-7-18-34-51)52-35-19-8-20-36-52,47(3)59(53-37-21-9-22-38-53)54-39-23-10-24-40-54)48(4)60(55-41-25-11-26-42-55)56-43-27-12-28-44-56/h5-48H,1-4H3. The highest BCUT2D eigenvalue weighted by Crippen LogP contribution is 2.63. The molecule has 0 heterocycles. The van der Waals surface area contributed by atoms with Gasteiger partial charge in [0.1, 0.15) is 0 Å². The van der Waals surface area contributed by atoms with Crippen LogP contribution in [0.2, 0.25) is 0 Å². The van der Waals surface area contributed by atoms with Gasteiger partial charge in [-0.05, 0) is 95.3 Å². The molecule has 304 valence electrons. The van der Waals surface area contributed by atoms with Gasteiger partial charge in [-0.25, -0.2) is 0 Å². The summed E-state index contributed by atoms with van der Waals surface area (Å²) in [5.41, 5.74) is 0. The molecule has 0 nitrogen and oxygen atoms in total. The lowest BCUT2D eigenvalue weighted by Crippen LogP contribution is -2.70. The molecule has 0 aromatic heterocycles. The first-order chi connectivity index (χ1) is 30.0. The zero-order chi connectivity index (χ0) is 42.0. The van der Waals surface area contributed by atoms with Crippen molar-refractivity contribution in [3.05, 3.63) is 243 Å². The van der Waals surface area contributed by atoms with Crippen molar-refractivity contribution in [3.8, 4) is 0 Å². The molecule has 0 amide bonds. The van der Waals surface area contributed by atoms with Crippen LogP contribution in [0.5, 0.6) is 0 Å². The van der Waals surface area contributed by atoms with E-state index in [4.69, 9.17) is 0 Å². The largest absolute Gasteiger partial charge is 0.0845 e. The highest BCUT2D eigenvalue weighted by molar-refractivity contribution is 7.84. The molecule has 0 N–H and O–H groups in total. The highest BCUT2D eigenvalue weighted by Gasteiger charge is 2.60. The van der Waals surface area contributed by atoms with Crippen LogP contribution in [0.4, 0.5) is 0 Å². The van der Waals surface area contributed by atoms with E-state index < -0.39 is 39.8 Å². The quantitative estimate of drug-likeness (QED) is 0.0670. The van der Waals surface area contributed by atoms with Crippen LogP contribution >= 0.6 is 31.7 Å². The molecule has 0 aliphatic rings. The molecule has 0 radical (unpaired) electrons. The maximum Gasteiger partial charge on any atom is 0.0845 e. The van der Waals surface area contributed by atoms with E-state index in [1.165, 1.54) is 42.4 Å². The van der Waals surface area contributed by atoms with Crippen molar-refractivity contribution in [3.63, 3.8) is 0 Å². The van der Waals surface area contributed by atoms with Crippen LogP contribution in [0.15, 0.2) is 243 Å². The van der Waals surface area contributed by atoms with Crippen molar-refractivity contribution in [2.24, 2.45) is 0 Å². The molecular weight excluding hydrogens is 825 g/mol. The van der Waals surface area contributed by atoms with Crippen LogP contribution in [-0.2, 0) is 0 Å². The lowest BCUT2D eigenvalue weighted by molar-refractivity contribution is 1.02. The van der Waals surface area contributed by atoms with E-state index in [0.717, 1.165) is 0 Å². The van der Waals surface area contributed by atoms with E-state index >= 15 is 0 Å². The van der Waals surface area contributed by atoms with E-state index in [1.807, 2.05) is 0 Å². The summed E-state index contributed by atoms with van der Waals surface area (Å²) in [5.74, 6) is 0. The van der Waals surface area contributed by atoms with Gasteiger partial charge in [0.25, 0.3) is 0 Å². The van der Waals surface area contributed by atoms with Crippen molar-refractivity contribution in [1.82, 2.24) is 0 Å². The molecule has 8 aromatic carbocycles. The summed E-state index contributed by atoms with van der Waals surface area (Å²) < 4.78 is 0. The Morgan fingerprint density at radius 2 is 0.328 bits per heavy atom. The third-order valence-electron chi connectivity index (χ3n) is 12.7. The van der Waals surface area contributed by atoms with Gasteiger partial charge < -0.3 is 0 Å². The predicted octanol–water partition coefficient (Wildman–Crippen LogP) is 11.7. The first-order valence-corrected chi connectivity index (χ1v) is 29.5. The molecule has 0 fully saturated rings. The summed E-state index contributed by atoms with van der Waals surface area (Å²) in [7, 11) is -5.98. The SMILES string of the molecule is CC(P(c1ccccc1)c1ccccc1)[Si](C(C)P(c1ccccc1)c1ccccc1)(C(C)P(c1ccccc1)c1ccccc1)C(C)P(c1ccccc1)c1ccccc1. The fourth-order valence-electron chi connectivity index (χ4n) is 10.1. The van der Waals surface area contributed by atoms with E-state index in [9.17, 15) is 0 Å². The molecule has 8 aromatic rings. The number of hydrogen-bond acceptors (Lipinski definition) is 0. The van der Waals surface area contributed by atoms with Gasteiger partial charge in [-0.15, -0.1) is 0 Å². The minimum atomic E-state index is -2.81. The fraction of sp³-hybridized carbons (Fsp3) is 0.143. The fourth-order valence-corrected chi connectivity index (χ4v) is 43.9. The summed E-state index contributed by atoms with van der Waals surface area (Å²) in [4.78, 5) is 0. The predicted molar refractivity (Wildman–Crippen MR) is 280 cm³/mol.